The van der Waals surface area contributed by atoms with E-state index < -0.39 is 18.5 Å². The summed E-state index contributed by atoms with van der Waals surface area (Å²) in [4.78, 5) is 26.9. The van der Waals surface area contributed by atoms with Gasteiger partial charge in [0.15, 0.2) is 0 Å². The maximum Gasteiger partial charge on any atom is 0.397 e. The van der Waals surface area contributed by atoms with Crippen LogP contribution in [-0.2, 0) is 11.3 Å². The number of H-pyrrole nitrogens is 1. The van der Waals surface area contributed by atoms with E-state index in [0.717, 1.165) is 16.6 Å². The van der Waals surface area contributed by atoms with Crippen LogP contribution < -0.4 is 5.32 Å². The highest BCUT2D eigenvalue weighted by Gasteiger charge is 2.34. The van der Waals surface area contributed by atoms with Crippen molar-refractivity contribution in [1.29, 1.82) is 5.26 Å². The number of aromatic amines is 1. The number of pyridine rings is 1. The third-order valence-corrected chi connectivity index (χ3v) is 5.16. The van der Waals surface area contributed by atoms with Crippen LogP contribution in [0.2, 0.25) is 0 Å². The molecule has 0 radical (unpaired) electrons. The number of fused-ring (bicyclic) bond motifs is 1. The maximum atomic E-state index is 12.4. The third kappa shape index (κ3) is 5.33. The minimum atomic E-state index is -4.48. The summed E-state index contributed by atoms with van der Waals surface area (Å²) in [5.74, 6) is 0.206. The minimum Gasteiger partial charge on any atom is -0.340 e. The molecule has 0 saturated carbocycles. The van der Waals surface area contributed by atoms with Crippen molar-refractivity contribution in [3.63, 3.8) is 0 Å². The Labute approximate surface area is 181 Å². The minimum absolute atomic E-state index is 0.273. The second-order valence-corrected chi connectivity index (χ2v) is 7.55. The van der Waals surface area contributed by atoms with E-state index in [2.05, 4.69) is 31.2 Å². The summed E-state index contributed by atoms with van der Waals surface area (Å²) in [6.07, 6.45) is -4.23. The summed E-state index contributed by atoms with van der Waals surface area (Å²) in [5, 5.41) is 12.1. The lowest BCUT2D eigenvalue weighted by atomic mass is 10.2. The molecule has 32 heavy (non-hydrogen) atoms. The van der Waals surface area contributed by atoms with Crippen LogP contribution >= 0.6 is 0 Å². The Morgan fingerprint density at radius 2 is 1.97 bits per heavy atom. The largest absolute Gasteiger partial charge is 0.397 e. The molecule has 1 aliphatic rings. The number of nitriles is 1. The third-order valence-electron chi connectivity index (χ3n) is 5.16. The van der Waals surface area contributed by atoms with Gasteiger partial charge in [0.25, 0.3) is 0 Å². The topological polar surface area (TPSA) is 101 Å². The molecule has 2 N–H and O–H groups in total. The number of aromatic nitrogens is 3. The molecule has 1 fully saturated rings. The van der Waals surface area contributed by atoms with E-state index in [-0.39, 0.29) is 13.1 Å². The van der Waals surface area contributed by atoms with Gasteiger partial charge in [-0.15, -0.1) is 0 Å². The zero-order chi connectivity index (χ0) is 22.7. The predicted octanol–water partition coefficient (Wildman–Crippen LogP) is 3.17. The smallest absolute Gasteiger partial charge is 0.340 e. The summed E-state index contributed by atoms with van der Waals surface area (Å²) in [5.41, 5.74) is 2.97. The van der Waals surface area contributed by atoms with Gasteiger partial charge in [-0.25, -0.2) is 9.97 Å². The van der Waals surface area contributed by atoms with Gasteiger partial charge in [0.2, 0.25) is 11.9 Å². The zero-order valence-electron chi connectivity index (χ0n) is 17.0. The molecule has 0 atom stereocenters. The summed E-state index contributed by atoms with van der Waals surface area (Å²) >= 11 is 0. The maximum absolute atomic E-state index is 12.4. The molecule has 3 heterocycles. The van der Waals surface area contributed by atoms with Gasteiger partial charge in [-0.2, -0.15) is 18.4 Å². The van der Waals surface area contributed by atoms with Gasteiger partial charge in [0.1, 0.15) is 12.2 Å². The zero-order valence-corrected chi connectivity index (χ0v) is 17.0. The van der Waals surface area contributed by atoms with Crippen LogP contribution in [0.15, 0.2) is 36.5 Å². The Balaban J connectivity index is 1.35. The van der Waals surface area contributed by atoms with Crippen molar-refractivity contribution in [2.45, 2.75) is 19.1 Å². The summed E-state index contributed by atoms with van der Waals surface area (Å²) in [6.45, 7) is 2.13. The number of amides is 1. The number of anilines is 2. The molecule has 3 aromatic rings. The monoisotopic (exact) mass is 443 g/mol. The first kappa shape index (κ1) is 21.6. The number of imidazole rings is 1. The van der Waals surface area contributed by atoms with Crippen LogP contribution in [0.5, 0.6) is 0 Å². The molecular formula is C21H20F3N7O. The molecule has 1 aliphatic heterocycles. The standard InChI is InChI=1S/C21H20F3N7O/c22-21(23,24)11-19(32)31-7-5-30(6-8-31)13-15-3-4-26-18(10-15)29-20-27-16-2-1-14(12-25)9-17(16)28-20/h1-4,9-10H,5-8,11,13H2,(H2,26,27,28,29). The van der Waals surface area contributed by atoms with Crippen molar-refractivity contribution in [3.05, 3.63) is 47.7 Å². The van der Waals surface area contributed by atoms with Crippen molar-refractivity contribution in [2.75, 3.05) is 31.5 Å². The number of nitrogens with one attached hydrogen (secondary N) is 2. The number of carbonyl (C=O) groups excluding carboxylic acids is 1. The molecule has 8 nitrogen and oxygen atoms in total. The predicted molar refractivity (Wildman–Crippen MR) is 111 cm³/mol. The second-order valence-electron chi connectivity index (χ2n) is 7.55. The second kappa shape index (κ2) is 8.84. The highest BCUT2D eigenvalue weighted by molar-refractivity contribution is 5.79. The average molecular weight is 443 g/mol. The summed E-state index contributed by atoms with van der Waals surface area (Å²) in [6, 6.07) is 11.0. The molecule has 0 spiro atoms. The Hall–Kier alpha value is -3.65. The van der Waals surface area contributed by atoms with E-state index in [4.69, 9.17) is 5.26 Å². The average Bonchev–Trinajstić information content (AvgIpc) is 3.14. The number of rotatable bonds is 5. The fraction of sp³-hybridized carbons (Fsp3) is 0.333. The first-order valence-electron chi connectivity index (χ1n) is 9.98. The van der Waals surface area contributed by atoms with E-state index in [1.165, 1.54) is 4.90 Å². The van der Waals surface area contributed by atoms with Gasteiger partial charge in [0.05, 0.1) is 22.7 Å². The number of carbonyl (C=O) groups is 1. The lowest BCUT2D eigenvalue weighted by Gasteiger charge is -2.35. The molecule has 1 amide bonds. The number of benzene rings is 1. The molecule has 0 bridgehead atoms. The van der Waals surface area contributed by atoms with Gasteiger partial charge in [0, 0.05) is 38.9 Å². The van der Waals surface area contributed by atoms with Crippen molar-refractivity contribution in [2.24, 2.45) is 0 Å². The van der Waals surface area contributed by atoms with Crippen LogP contribution in [-0.4, -0.2) is 63.0 Å². The van der Waals surface area contributed by atoms with Gasteiger partial charge in [-0.1, -0.05) is 0 Å². The fourth-order valence-electron chi connectivity index (χ4n) is 3.60. The van der Waals surface area contributed by atoms with Crippen LogP contribution in [0.1, 0.15) is 17.5 Å². The number of halogens is 3. The number of hydrogen-bond acceptors (Lipinski definition) is 6. The van der Waals surface area contributed by atoms with Crippen molar-refractivity contribution in [3.8, 4) is 6.07 Å². The Kier molecular flexibility index (Phi) is 5.96. The SMILES string of the molecule is N#Cc1ccc2nc(Nc3cc(CN4CCN(C(=O)CC(F)(F)F)CC4)ccn3)[nH]c2c1. The molecule has 1 aromatic carbocycles. The molecule has 0 aliphatic carbocycles. The number of alkyl halides is 3. The Morgan fingerprint density at radius 1 is 1.19 bits per heavy atom. The lowest BCUT2D eigenvalue weighted by Crippen LogP contribution is -2.49. The quantitative estimate of drug-likeness (QED) is 0.628. The highest BCUT2D eigenvalue weighted by Crippen LogP contribution is 2.22. The highest BCUT2D eigenvalue weighted by atomic mass is 19.4. The lowest BCUT2D eigenvalue weighted by molar-refractivity contribution is -0.162. The molecular weight excluding hydrogens is 423 g/mol. The molecule has 0 unspecified atom stereocenters. The normalized spacial score (nSPS) is 15.0. The summed E-state index contributed by atoms with van der Waals surface area (Å²) in [7, 11) is 0. The van der Waals surface area contributed by atoms with E-state index >= 15 is 0 Å². The molecule has 11 heteroatoms. The summed E-state index contributed by atoms with van der Waals surface area (Å²) < 4.78 is 37.3. The number of hydrogen-bond donors (Lipinski definition) is 2. The van der Waals surface area contributed by atoms with Gasteiger partial charge in [-0.3, -0.25) is 9.69 Å². The number of nitrogens with zero attached hydrogens (tertiary/aromatic N) is 5. The van der Waals surface area contributed by atoms with Crippen molar-refractivity contribution in [1.82, 2.24) is 24.8 Å². The Bertz CT molecular complexity index is 1160. The van der Waals surface area contributed by atoms with Gasteiger partial charge < -0.3 is 15.2 Å². The van der Waals surface area contributed by atoms with Crippen molar-refractivity contribution < 1.29 is 18.0 Å². The van der Waals surface area contributed by atoms with Crippen LogP contribution in [0.25, 0.3) is 11.0 Å². The number of piperazine rings is 1. The first-order chi connectivity index (χ1) is 15.3. The van der Waals surface area contributed by atoms with Gasteiger partial charge >= 0.3 is 6.18 Å². The van der Waals surface area contributed by atoms with E-state index in [0.29, 0.717) is 37.0 Å². The van der Waals surface area contributed by atoms with E-state index in [1.54, 1.807) is 24.4 Å². The van der Waals surface area contributed by atoms with Crippen LogP contribution in [0.3, 0.4) is 0 Å². The van der Waals surface area contributed by atoms with Gasteiger partial charge in [-0.05, 0) is 35.9 Å². The van der Waals surface area contributed by atoms with E-state index in [9.17, 15) is 18.0 Å². The first-order valence-corrected chi connectivity index (χ1v) is 9.98. The van der Waals surface area contributed by atoms with Crippen LogP contribution in [0.4, 0.5) is 24.9 Å². The Morgan fingerprint density at radius 3 is 2.69 bits per heavy atom. The van der Waals surface area contributed by atoms with E-state index in [1.807, 2.05) is 12.1 Å². The molecule has 4 rings (SSSR count). The molecule has 166 valence electrons. The van der Waals surface area contributed by atoms with Crippen LogP contribution in [0, 0.1) is 11.3 Å². The molecule has 1 saturated heterocycles. The fourth-order valence-corrected chi connectivity index (χ4v) is 3.60. The van der Waals surface area contributed by atoms with Crippen molar-refractivity contribution >= 4 is 28.7 Å². The molecule has 2 aromatic heterocycles.